The number of allylic oxidation sites excluding steroid dienone is 1. The van der Waals surface area contributed by atoms with Gasteiger partial charge in [-0.15, -0.1) is 6.58 Å². The van der Waals surface area contributed by atoms with Gasteiger partial charge in [0.15, 0.2) is 11.5 Å². The summed E-state index contributed by atoms with van der Waals surface area (Å²) in [5.41, 5.74) is 3.94. The van der Waals surface area contributed by atoms with Crippen LogP contribution in [0.4, 0.5) is 0 Å². The minimum absolute atomic E-state index is 0.0505. The first-order valence-electron chi connectivity index (χ1n) is 10.1. The standard InChI is InChI=1S/C26H26O4/c1-4-8-21-22(27)15-23(29-16-18-9-6-5-7-10-18)26-24(21)17(2)25(30-26)19-11-13-20(28-3)14-12-19/h4-7,9-15,17,25,27H,1,8,16H2,2-3H3/t17-,25-/m0/s1. The first-order valence-corrected chi connectivity index (χ1v) is 10.1. The van der Waals surface area contributed by atoms with Crippen LogP contribution in [0.25, 0.3) is 0 Å². The molecule has 0 fully saturated rings. The lowest BCUT2D eigenvalue weighted by Crippen LogP contribution is -2.07. The highest BCUT2D eigenvalue weighted by molar-refractivity contribution is 5.61. The summed E-state index contributed by atoms with van der Waals surface area (Å²) in [5.74, 6) is 2.33. The summed E-state index contributed by atoms with van der Waals surface area (Å²) in [7, 11) is 1.65. The number of fused-ring (bicyclic) bond motifs is 1. The van der Waals surface area contributed by atoms with E-state index in [2.05, 4.69) is 13.5 Å². The van der Waals surface area contributed by atoms with Crippen molar-refractivity contribution < 1.29 is 19.3 Å². The van der Waals surface area contributed by atoms with Gasteiger partial charge in [-0.2, -0.15) is 0 Å². The number of rotatable bonds is 7. The minimum Gasteiger partial charge on any atom is -0.508 e. The van der Waals surface area contributed by atoms with Gasteiger partial charge in [-0.3, -0.25) is 0 Å². The Morgan fingerprint density at radius 1 is 1.10 bits per heavy atom. The molecule has 0 spiro atoms. The Hall–Kier alpha value is -3.40. The fourth-order valence-corrected chi connectivity index (χ4v) is 4.02. The fourth-order valence-electron chi connectivity index (χ4n) is 4.02. The molecule has 0 amide bonds. The smallest absolute Gasteiger partial charge is 0.166 e. The first-order chi connectivity index (χ1) is 14.6. The Bertz CT molecular complexity index is 1030. The van der Waals surface area contributed by atoms with Gasteiger partial charge in [-0.05, 0) is 29.7 Å². The molecule has 4 nitrogen and oxygen atoms in total. The number of aromatic hydroxyl groups is 1. The molecule has 1 aliphatic heterocycles. The Labute approximate surface area is 177 Å². The van der Waals surface area contributed by atoms with Crippen molar-refractivity contribution in [3.63, 3.8) is 0 Å². The molecule has 2 atom stereocenters. The van der Waals surface area contributed by atoms with E-state index in [1.807, 2.05) is 54.6 Å². The van der Waals surface area contributed by atoms with Gasteiger partial charge < -0.3 is 19.3 Å². The lowest BCUT2D eigenvalue weighted by molar-refractivity contribution is 0.201. The summed E-state index contributed by atoms with van der Waals surface area (Å²) in [6, 6.07) is 19.5. The van der Waals surface area contributed by atoms with Crippen LogP contribution in [0.3, 0.4) is 0 Å². The summed E-state index contributed by atoms with van der Waals surface area (Å²) in [4.78, 5) is 0. The molecule has 0 aliphatic carbocycles. The maximum Gasteiger partial charge on any atom is 0.166 e. The molecule has 0 aromatic heterocycles. The molecule has 1 aliphatic rings. The van der Waals surface area contributed by atoms with Crippen molar-refractivity contribution in [1.29, 1.82) is 0 Å². The summed E-state index contributed by atoms with van der Waals surface area (Å²) >= 11 is 0. The van der Waals surface area contributed by atoms with Crippen molar-refractivity contribution in [2.75, 3.05) is 7.11 Å². The highest BCUT2D eigenvalue weighted by Gasteiger charge is 2.37. The summed E-state index contributed by atoms with van der Waals surface area (Å²) in [6.07, 6.45) is 2.19. The van der Waals surface area contributed by atoms with E-state index in [1.54, 1.807) is 19.3 Å². The topological polar surface area (TPSA) is 47.9 Å². The fraction of sp³-hybridized carbons (Fsp3) is 0.231. The van der Waals surface area contributed by atoms with Crippen LogP contribution < -0.4 is 14.2 Å². The van der Waals surface area contributed by atoms with Crippen LogP contribution in [0, 0.1) is 0 Å². The Balaban J connectivity index is 1.70. The molecule has 0 radical (unpaired) electrons. The SMILES string of the molecule is C=CCc1c(O)cc(OCc2ccccc2)c2c1[C@H](C)[C@@H](c1ccc(OC)cc1)O2. The van der Waals surface area contributed by atoms with Crippen molar-refractivity contribution in [2.24, 2.45) is 0 Å². The molecule has 154 valence electrons. The molecule has 3 aromatic rings. The molecule has 0 unspecified atom stereocenters. The summed E-state index contributed by atoms with van der Waals surface area (Å²) in [6.45, 7) is 6.37. The maximum atomic E-state index is 10.7. The summed E-state index contributed by atoms with van der Waals surface area (Å²) in [5, 5.41) is 10.7. The van der Waals surface area contributed by atoms with Crippen molar-refractivity contribution >= 4 is 0 Å². The molecule has 1 heterocycles. The number of methoxy groups -OCH3 is 1. The number of phenols is 1. The molecular weight excluding hydrogens is 376 g/mol. The second-order valence-corrected chi connectivity index (χ2v) is 7.48. The van der Waals surface area contributed by atoms with E-state index in [0.717, 1.165) is 28.0 Å². The lowest BCUT2D eigenvalue weighted by Gasteiger charge is -2.16. The Kier molecular flexibility index (Phi) is 5.66. The van der Waals surface area contributed by atoms with Crippen molar-refractivity contribution in [3.05, 3.63) is 95.6 Å². The predicted octanol–water partition coefficient (Wildman–Crippen LogP) is 5.95. The zero-order valence-corrected chi connectivity index (χ0v) is 17.3. The first kappa shape index (κ1) is 19.9. The predicted molar refractivity (Wildman–Crippen MR) is 118 cm³/mol. The van der Waals surface area contributed by atoms with Crippen molar-refractivity contribution in [1.82, 2.24) is 0 Å². The molecule has 30 heavy (non-hydrogen) atoms. The van der Waals surface area contributed by atoms with E-state index in [1.165, 1.54) is 0 Å². The number of hydrogen-bond donors (Lipinski definition) is 1. The van der Waals surface area contributed by atoms with Crippen LogP contribution in [-0.2, 0) is 13.0 Å². The van der Waals surface area contributed by atoms with E-state index in [4.69, 9.17) is 14.2 Å². The molecule has 1 N–H and O–H groups in total. The largest absolute Gasteiger partial charge is 0.508 e. The third-order valence-corrected chi connectivity index (χ3v) is 5.55. The number of benzene rings is 3. The zero-order valence-electron chi connectivity index (χ0n) is 17.3. The zero-order chi connectivity index (χ0) is 21.1. The molecule has 0 saturated carbocycles. The van der Waals surface area contributed by atoms with Crippen LogP contribution in [0.5, 0.6) is 23.0 Å². The second-order valence-electron chi connectivity index (χ2n) is 7.48. The average molecular weight is 402 g/mol. The third-order valence-electron chi connectivity index (χ3n) is 5.55. The normalized spacial score (nSPS) is 17.1. The quantitative estimate of drug-likeness (QED) is 0.497. The number of hydrogen-bond acceptors (Lipinski definition) is 4. The van der Waals surface area contributed by atoms with Crippen LogP contribution in [0.1, 0.15) is 41.2 Å². The van der Waals surface area contributed by atoms with Gasteiger partial charge in [-0.25, -0.2) is 0 Å². The molecular formula is C26H26O4. The highest BCUT2D eigenvalue weighted by atomic mass is 16.5. The average Bonchev–Trinajstić information content (AvgIpc) is 3.12. The molecule has 4 heteroatoms. The van der Waals surface area contributed by atoms with E-state index in [0.29, 0.717) is 24.5 Å². The highest BCUT2D eigenvalue weighted by Crippen LogP contribution is 2.54. The Morgan fingerprint density at radius 2 is 1.83 bits per heavy atom. The van der Waals surface area contributed by atoms with Gasteiger partial charge in [0, 0.05) is 23.1 Å². The van der Waals surface area contributed by atoms with E-state index < -0.39 is 0 Å². The monoisotopic (exact) mass is 402 g/mol. The van der Waals surface area contributed by atoms with Crippen molar-refractivity contribution in [3.8, 4) is 23.0 Å². The minimum atomic E-state index is -0.171. The number of ether oxygens (including phenoxy) is 3. The van der Waals surface area contributed by atoms with E-state index >= 15 is 0 Å². The molecule has 0 saturated heterocycles. The maximum absolute atomic E-state index is 10.7. The molecule has 3 aromatic carbocycles. The summed E-state index contributed by atoms with van der Waals surface area (Å²) < 4.78 is 17.8. The van der Waals surface area contributed by atoms with Gasteiger partial charge in [0.05, 0.1) is 7.11 Å². The van der Waals surface area contributed by atoms with Gasteiger partial charge in [0.2, 0.25) is 0 Å². The van der Waals surface area contributed by atoms with Gasteiger partial charge in [0.1, 0.15) is 24.2 Å². The van der Waals surface area contributed by atoms with E-state index in [-0.39, 0.29) is 17.8 Å². The third kappa shape index (κ3) is 3.73. The van der Waals surface area contributed by atoms with Crippen LogP contribution in [0.2, 0.25) is 0 Å². The van der Waals surface area contributed by atoms with Gasteiger partial charge in [-0.1, -0.05) is 55.5 Å². The van der Waals surface area contributed by atoms with Crippen LogP contribution >= 0.6 is 0 Å². The van der Waals surface area contributed by atoms with Crippen molar-refractivity contribution in [2.45, 2.75) is 32.0 Å². The van der Waals surface area contributed by atoms with E-state index in [9.17, 15) is 5.11 Å². The van der Waals surface area contributed by atoms with Crippen LogP contribution in [-0.4, -0.2) is 12.2 Å². The second kappa shape index (κ2) is 8.54. The molecule has 0 bridgehead atoms. The lowest BCUT2D eigenvalue weighted by atomic mass is 9.88. The van der Waals surface area contributed by atoms with Gasteiger partial charge in [0.25, 0.3) is 0 Å². The molecule has 4 rings (SSSR count). The number of phenolic OH excluding ortho intramolecular Hbond substituents is 1. The van der Waals surface area contributed by atoms with Gasteiger partial charge >= 0.3 is 0 Å². The Morgan fingerprint density at radius 3 is 2.50 bits per heavy atom. The van der Waals surface area contributed by atoms with Crippen LogP contribution in [0.15, 0.2) is 73.3 Å².